The number of benzene rings is 2. The van der Waals surface area contributed by atoms with Crippen LogP contribution in [-0.2, 0) is 9.59 Å². The third-order valence-electron chi connectivity index (χ3n) is 3.96. The Morgan fingerprint density at radius 3 is 2.70 bits per heavy atom. The maximum atomic E-state index is 12.5. The van der Waals surface area contributed by atoms with Crippen LogP contribution in [0.25, 0.3) is 16.8 Å². The summed E-state index contributed by atoms with van der Waals surface area (Å²) < 4.78 is 0. The van der Waals surface area contributed by atoms with Crippen molar-refractivity contribution in [3.05, 3.63) is 59.1 Å². The highest BCUT2D eigenvalue weighted by Crippen LogP contribution is 2.24. The minimum Gasteiger partial charge on any atom is -0.321 e. The number of nitrogens with zero attached hydrogens (tertiary/aromatic N) is 3. The zero-order valence-corrected chi connectivity index (χ0v) is 15.6. The summed E-state index contributed by atoms with van der Waals surface area (Å²) in [6.45, 7) is 1.44. The van der Waals surface area contributed by atoms with Gasteiger partial charge in [-0.25, -0.2) is 4.98 Å². The third-order valence-corrected chi connectivity index (χ3v) is 4.90. The van der Waals surface area contributed by atoms with Crippen molar-refractivity contribution in [2.75, 3.05) is 17.3 Å². The van der Waals surface area contributed by atoms with E-state index in [1.165, 1.54) is 29.2 Å². The first-order chi connectivity index (χ1) is 13.0. The minimum atomic E-state index is -0.511. The number of nitriles is 1. The molecule has 0 aliphatic carbocycles. The van der Waals surface area contributed by atoms with E-state index < -0.39 is 5.91 Å². The first-order valence-electron chi connectivity index (χ1n) is 8.10. The molecule has 2 amide bonds. The van der Waals surface area contributed by atoms with Crippen LogP contribution in [0.4, 0.5) is 10.8 Å². The number of rotatable bonds is 4. The number of hydrogen-bond acceptors (Lipinski definition) is 5. The SMILES string of the molecule is CC(=O)N(C)c1nc(C=C(C#N)C(=O)Nc2cccc3ccccc23)cs1. The fourth-order valence-electron chi connectivity index (χ4n) is 2.45. The lowest BCUT2D eigenvalue weighted by Crippen LogP contribution is -2.22. The molecule has 0 spiro atoms. The molecule has 0 saturated carbocycles. The molecule has 2 aromatic carbocycles. The molecule has 7 heteroatoms. The van der Waals surface area contributed by atoms with Gasteiger partial charge in [0, 0.05) is 30.4 Å². The van der Waals surface area contributed by atoms with E-state index in [0.29, 0.717) is 16.5 Å². The highest BCUT2D eigenvalue weighted by molar-refractivity contribution is 7.14. The molecule has 1 N–H and O–H groups in total. The fourth-order valence-corrected chi connectivity index (χ4v) is 3.24. The van der Waals surface area contributed by atoms with Gasteiger partial charge in [-0.3, -0.25) is 14.5 Å². The van der Waals surface area contributed by atoms with Gasteiger partial charge in [0.2, 0.25) is 5.91 Å². The van der Waals surface area contributed by atoms with Crippen LogP contribution in [0, 0.1) is 11.3 Å². The molecule has 0 aliphatic rings. The van der Waals surface area contributed by atoms with Gasteiger partial charge in [0.15, 0.2) is 5.13 Å². The Morgan fingerprint density at radius 1 is 1.22 bits per heavy atom. The van der Waals surface area contributed by atoms with Crippen molar-refractivity contribution >= 4 is 50.8 Å². The largest absolute Gasteiger partial charge is 0.321 e. The smallest absolute Gasteiger partial charge is 0.266 e. The Morgan fingerprint density at radius 2 is 1.96 bits per heavy atom. The van der Waals surface area contributed by atoms with E-state index in [9.17, 15) is 14.9 Å². The Kier molecular flexibility index (Phi) is 5.29. The van der Waals surface area contributed by atoms with E-state index in [2.05, 4.69) is 10.3 Å². The van der Waals surface area contributed by atoms with Gasteiger partial charge in [0.05, 0.1) is 5.69 Å². The normalized spacial score (nSPS) is 11.1. The minimum absolute atomic E-state index is 0.0646. The van der Waals surface area contributed by atoms with E-state index in [4.69, 9.17) is 0 Å². The van der Waals surface area contributed by atoms with Crippen LogP contribution in [0.1, 0.15) is 12.6 Å². The summed E-state index contributed by atoms with van der Waals surface area (Å²) in [5.41, 5.74) is 1.02. The second-order valence-corrected chi connectivity index (χ2v) is 6.62. The topological polar surface area (TPSA) is 86.1 Å². The zero-order chi connectivity index (χ0) is 19.4. The number of anilines is 2. The summed E-state index contributed by atoms with van der Waals surface area (Å²) in [7, 11) is 1.62. The Bertz CT molecular complexity index is 1090. The summed E-state index contributed by atoms with van der Waals surface area (Å²) in [4.78, 5) is 29.6. The number of carbonyl (C=O) groups is 2. The lowest BCUT2D eigenvalue weighted by atomic mass is 10.1. The number of nitrogens with one attached hydrogen (secondary N) is 1. The first kappa shape index (κ1) is 18.3. The average Bonchev–Trinajstić information content (AvgIpc) is 3.14. The Balaban J connectivity index is 1.85. The van der Waals surface area contributed by atoms with Crippen LogP contribution in [-0.4, -0.2) is 23.8 Å². The molecule has 134 valence electrons. The monoisotopic (exact) mass is 376 g/mol. The molecular formula is C20H16N4O2S. The third kappa shape index (κ3) is 4.02. The Hall–Kier alpha value is -3.50. The Labute approximate surface area is 160 Å². The van der Waals surface area contributed by atoms with Gasteiger partial charge < -0.3 is 5.32 Å². The molecule has 0 unspecified atom stereocenters. The van der Waals surface area contributed by atoms with Gasteiger partial charge in [-0.2, -0.15) is 5.26 Å². The van der Waals surface area contributed by atoms with E-state index >= 15 is 0 Å². The summed E-state index contributed by atoms with van der Waals surface area (Å²) in [5.74, 6) is -0.655. The molecule has 0 atom stereocenters. The average molecular weight is 376 g/mol. The molecule has 1 aromatic heterocycles. The number of thiazole rings is 1. The zero-order valence-electron chi connectivity index (χ0n) is 14.8. The molecule has 1 heterocycles. The van der Waals surface area contributed by atoms with E-state index in [0.717, 1.165) is 10.8 Å². The number of amides is 2. The van der Waals surface area contributed by atoms with Gasteiger partial charge in [-0.05, 0) is 17.5 Å². The van der Waals surface area contributed by atoms with Gasteiger partial charge in [-0.15, -0.1) is 11.3 Å². The van der Waals surface area contributed by atoms with Crippen LogP contribution >= 0.6 is 11.3 Å². The highest BCUT2D eigenvalue weighted by atomic mass is 32.1. The van der Waals surface area contributed by atoms with Crippen molar-refractivity contribution in [2.45, 2.75) is 6.92 Å². The molecule has 3 rings (SSSR count). The van der Waals surface area contributed by atoms with E-state index in [1.54, 1.807) is 18.5 Å². The van der Waals surface area contributed by atoms with Crippen LogP contribution in [0.15, 0.2) is 53.4 Å². The molecule has 0 bridgehead atoms. The lowest BCUT2D eigenvalue weighted by Gasteiger charge is -2.09. The van der Waals surface area contributed by atoms with Crippen LogP contribution in [0.5, 0.6) is 0 Å². The second kappa shape index (κ2) is 7.81. The maximum absolute atomic E-state index is 12.5. The van der Waals surface area contributed by atoms with Gasteiger partial charge >= 0.3 is 0 Å². The van der Waals surface area contributed by atoms with Crippen molar-refractivity contribution in [3.63, 3.8) is 0 Å². The summed E-state index contributed by atoms with van der Waals surface area (Å²) in [6, 6.07) is 15.2. The predicted molar refractivity (Wildman–Crippen MR) is 107 cm³/mol. The van der Waals surface area contributed by atoms with Crippen molar-refractivity contribution in [1.82, 2.24) is 4.98 Å². The lowest BCUT2D eigenvalue weighted by molar-refractivity contribution is -0.116. The summed E-state index contributed by atoms with van der Waals surface area (Å²) in [5, 5.41) is 16.3. The first-order valence-corrected chi connectivity index (χ1v) is 8.98. The molecule has 0 radical (unpaired) electrons. The second-order valence-electron chi connectivity index (χ2n) is 5.78. The molecule has 6 nitrogen and oxygen atoms in total. The van der Waals surface area contributed by atoms with Crippen molar-refractivity contribution in [1.29, 1.82) is 5.26 Å². The highest BCUT2D eigenvalue weighted by Gasteiger charge is 2.14. The van der Waals surface area contributed by atoms with E-state index in [1.807, 2.05) is 42.5 Å². The number of carbonyl (C=O) groups excluding carboxylic acids is 2. The van der Waals surface area contributed by atoms with Crippen molar-refractivity contribution in [2.24, 2.45) is 0 Å². The standard InChI is InChI=1S/C20H16N4O2S/c1-13(25)24(2)20-22-16(12-27-20)10-15(11-21)19(26)23-18-9-5-7-14-6-3-4-8-17(14)18/h3-10,12H,1-2H3,(H,23,26). The molecule has 0 fully saturated rings. The number of hydrogen-bond donors (Lipinski definition) is 1. The van der Waals surface area contributed by atoms with Gasteiger partial charge in [0.25, 0.3) is 5.91 Å². The van der Waals surface area contributed by atoms with Crippen LogP contribution in [0.2, 0.25) is 0 Å². The molecular weight excluding hydrogens is 360 g/mol. The van der Waals surface area contributed by atoms with Crippen molar-refractivity contribution in [3.8, 4) is 6.07 Å². The molecule has 27 heavy (non-hydrogen) atoms. The van der Waals surface area contributed by atoms with Gasteiger partial charge in [-0.1, -0.05) is 36.4 Å². The fraction of sp³-hybridized carbons (Fsp3) is 0.100. The van der Waals surface area contributed by atoms with Gasteiger partial charge in [0.1, 0.15) is 11.6 Å². The molecule has 0 aliphatic heterocycles. The maximum Gasteiger partial charge on any atom is 0.266 e. The molecule has 3 aromatic rings. The van der Waals surface area contributed by atoms with Crippen LogP contribution < -0.4 is 10.2 Å². The quantitative estimate of drug-likeness (QED) is 0.554. The van der Waals surface area contributed by atoms with Crippen molar-refractivity contribution < 1.29 is 9.59 Å². The summed E-state index contributed by atoms with van der Waals surface area (Å²) in [6.07, 6.45) is 1.41. The predicted octanol–water partition coefficient (Wildman–Crippen LogP) is 3.82. The number of fused-ring (bicyclic) bond motifs is 1. The number of aromatic nitrogens is 1. The summed E-state index contributed by atoms with van der Waals surface area (Å²) >= 11 is 1.26. The van der Waals surface area contributed by atoms with Crippen LogP contribution in [0.3, 0.4) is 0 Å². The van der Waals surface area contributed by atoms with E-state index in [-0.39, 0.29) is 11.5 Å². The molecule has 0 saturated heterocycles.